The van der Waals surface area contributed by atoms with Crippen LogP contribution in [0.3, 0.4) is 0 Å². The van der Waals surface area contributed by atoms with E-state index in [-0.39, 0.29) is 0 Å². The fourth-order valence-electron chi connectivity index (χ4n) is 1.37. The number of methoxy groups -OCH3 is 1. The molecular formula is C10H8ClNO2. The highest BCUT2D eigenvalue weighted by molar-refractivity contribution is 6.38. The second kappa shape index (κ2) is 3.35. The molecule has 0 aliphatic heterocycles. The van der Waals surface area contributed by atoms with E-state index < -0.39 is 0 Å². The number of aromatic amines is 1. The average Bonchev–Trinajstić information content (AvgIpc) is 2.55. The lowest BCUT2D eigenvalue weighted by molar-refractivity contribution is 0.112. The molecule has 0 atom stereocenters. The quantitative estimate of drug-likeness (QED) is 0.773. The predicted molar refractivity (Wildman–Crippen MR) is 55.2 cm³/mol. The van der Waals surface area contributed by atoms with Crippen molar-refractivity contribution in [2.24, 2.45) is 0 Å². The van der Waals surface area contributed by atoms with Crippen LogP contribution in [0, 0.1) is 0 Å². The van der Waals surface area contributed by atoms with Crippen molar-refractivity contribution in [2.45, 2.75) is 0 Å². The van der Waals surface area contributed by atoms with Crippen LogP contribution in [0.4, 0.5) is 0 Å². The monoisotopic (exact) mass is 209 g/mol. The smallest absolute Gasteiger partial charge is 0.167 e. The van der Waals surface area contributed by atoms with E-state index >= 15 is 0 Å². The van der Waals surface area contributed by atoms with Gasteiger partial charge in [0.25, 0.3) is 0 Å². The van der Waals surface area contributed by atoms with Gasteiger partial charge in [0, 0.05) is 10.9 Å². The third-order valence-corrected chi connectivity index (χ3v) is 2.49. The van der Waals surface area contributed by atoms with Crippen molar-refractivity contribution in [2.75, 3.05) is 7.11 Å². The van der Waals surface area contributed by atoms with Gasteiger partial charge in [0.2, 0.25) is 0 Å². The molecule has 14 heavy (non-hydrogen) atoms. The Hall–Kier alpha value is -1.48. The van der Waals surface area contributed by atoms with Gasteiger partial charge in [-0.2, -0.15) is 0 Å². The van der Waals surface area contributed by atoms with Crippen LogP contribution < -0.4 is 4.74 Å². The van der Waals surface area contributed by atoms with Crippen LogP contribution in [-0.2, 0) is 0 Å². The van der Waals surface area contributed by atoms with Crippen molar-refractivity contribution >= 4 is 28.8 Å². The van der Waals surface area contributed by atoms with Crippen molar-refractivity contribution < 1.29 is 9.53 Å². The lowest BCUT2D eigenvalue weighted by atomic mass is 10.2. The maximum Gasteiger partial charge on any atom is 0.167 e. The van der Waals surface area contributed by atoms with Gasteiger partial charge in [-0.15, -0.1) is 0 Å². The molecule has 4 heteroatoms. The zero-order valence-electron chi connectivity index (χ0n) is 7.50. The van der Waals surface area contributed by atoms with Crippen LogP contribution in [-0.4, -0.2) is 18.4 Å². The summed E-state index contributed by atoms with van der Waals surface area (Å²) in [5.74, 6) is 0.718. The van der Waals surface area contributed by atoms with E-state index in [2.05, 4.69) is 4.98 Å². The van der Waals surface area contributed by atoms with Crippen molar-refractivity contribution in [3.63, 3.8) is 0 Å². The molecule has 0 amide bonds. The van der Waals surface area contributed by atoms with Crippen LogP contribution in [0.2, 0.25) is 5.02 Å². The van der Waals surface area contributed by atoms with Crippen molar-refractivity contribution in [1.29, 1.82) is 0 Å². The van der Waals surface area contributed by atoms with Gasteiger partial charge in [0.15, 0.2) is 6.29 Å². The summed E-state index contributed by atoms with van der Waals surface area (Å²) in [5.41, 5.74) is 1.23. The Kier molecular flexibility index (Phi) is 2.17. The van der Waals surface area contributed by atoms with Gasteiger partial charge in [0.05, 0.1) is 17.8 Å². The molecule has 0 bridgehead atoms. The third kappa shape index (κ3) is 1.26. The number of H-pyrrole nitrogens is 1. The van der Waals surface area contributed by atoms with E-state index in [1.807, 2.05) is 12.1 Å². The van der Waals surface area contributed by atoms with Crippen LogP contribution in [0.15, 0.2) is 18.2 Å². The summed E-state index contributed by atoms with van der Waals surface area (Å²) in [5, 5.41) is 1.24. The Labute approximate surface area is 85.6 Å². The number of aldehydes is 1. The zero-order chi connectivity index (χ0) is 10.1. The number of aromatic nitrogens is 1. The summed E-state index contributed by atoms with van der Waals surface area (Å²) in [6, 6.07) is 5.43. The summed E-state index contributed by atoms with van der Waals surface area (Å²) in [6.07, 6.45) is 0.703. The molecule has 0 saturated heterocycles. The SMILES string of the molecule is COc1ccc2[nH]c(C=O)c(Cl)c2c1. The maximum absolute atomic E-state index is 10.6. The average molecular weight is 210 g/mol. The van der Waals surface area contributed by atoms with E-state index in [0.29, 0.717) is 17.0 Å². The van der Waals surface area contributed by atoms with Crippen molar-refractivity contribution in [3.05, 3.63) is 28.9 Å². The minimum absolute atomic E-state index is 0.398. The largest absolute Gasteiger partial charge is 0.497 e. The molecule has 1 heterocycles. The van der Waals surface area contributed by atoms with Gasteiger partial charge in [-0.25, -0.2) is 0 Å². The number of rotatable bonds is 2. The number of carbonyl (C=O) groups is 1. The topological polar surface area (TPSA) is 42.1 Å². The number of fused-ring (bicyclic) bond motifs is 1. The van der Waals surface area contributed by atoms with Crippen molar-refractivity contribution in [3.8, 4) is 5.75 Å². The Balaban J connectivity index is 2.74. The van der Waals surface area contributed by atoms with E-state index in [1.54, 1.807) is 13.2 Å². The molecule has 0 spiro atoms. The van der Waals surface area contributed by atoms with Crippen LogP contribution in [0.1, 0.15) is 10.5 Å². The normalized spacial score (nSPS) is 10.4. The summed E-state index contributed by atoms with van der Waals surface area (Å²) in [7, 11) is 1.59. The minimum Gasteiger partial charge on any atom is -0.497 e. The first kappa shape index (κ1) is 9.09. The first-order chi connectivity index (χ1) is 6.76. The summed E-state index contributed by atoms with van der Waals surface area (Å²) < 4.78 is 5.06. The first-order valence-corrected chi connectivity index (χ1v) is 4.44. The number of carbonyl (C=O) groups excluding carboxylic acids is 1. The van der Waals surface area contributed by atoms with E-state index in [0.717, 1.165) is 16.7 Å². The number of hydrogen-bond acceptors (Lipinski definition) is 2. The summed E-state index contributed by atoms with van der Waals surface area (Å²) in [6.45, 7) is 0. The fourth-order valence-corrected chi connectivity index (χ4v) is 1.62. The van der Waals surface area contributed by atoms with E-state index in [9.17, 15) is 4.79 Å². The molecule has 2 rings (SSSR count). The van der Waals surface area contributed by atoms with Gasteiger partial charge in [-0.05, 0) is 18.2 Å². The Morgan fingerprint density at radius 2 is 2.29 bits per heavy atom. The number of hydrogen-bond donors (Lipinski definition) is 1. The molecule has 0 aliphatic carbocycles. The lowest BCUT2D eigenvalue weighted by Crippen LogP contribution is -1.80. The molecule has 1 aromatic carbocycles. The molecule has 0 radical (unpaired) electrons. The second-order valence-corrected chi connectivity index (χ2v) is 3.26. The second-order valence-electron chi connectivity index (χ2n) is 2.88. The Bertz CT molecular complexity index is 490. The molecule has 3 nitrogen and oxygen atoms in total. The standard InChI is InChI=1S/C10H8ClNO2/c1-14-6-2-3-8-7(4-6)10(11)9(5-13)12-8/h2-5,12H,1H3. The van der Waals surface area contributed by atoms with Gasteiger partial charge in [-0.1, -0.05) is 11.6 Å². The maximum atomic E-state index is 10.6. The molecule has 0 fully saturated rings. The van der Waals surface area contributed by atoms with Crippen molar-refractivity contribution in [1.82, 2.24) is 4.98 Å². The number of nitrogens with one attached hydrogen (secondary N) is 1. The molecular weight excluding hydrogens is 202 g/mol. The van der Waals surface area contributed by atoms with E-state index in [1.165, 1.54) is 0 Å². The molecule has 2 aromatic rings. The van der Waals surface area contributed by atoms with Gasteiger partial charge < -0.3 is 9.72 Å². The van der Waals surface area contributed by atoms with Crippen LogP contribution in [0.5, 0.6) is 5.75 Å². The van der Waals surface area contributed by atoms with Gasteiger partial charge >= 0.3 is 0 Å². The highest BCUT2D eigenvalue weighted by atomic mass is 35.5. The predicted octanol–water partition coefficient (Wildman–Crippen LogP) is 2.64. The highest BCUT2D eigenvalue weighted by Gasteiger charge is 2.08. The first-order valence-electron chi connectivity index (χ1n) is 4.06. The molecule has 0 unspecified atom stereocenters. The summed E-state index contributed by atoms with van der Waals surface area (Å²) in [4.78, 5) is 13.5. The highest BCUT2D eigenvalue weighted by Crippen LogP contribution is 2.29. The molecule has 1 N–H and O–H groups in total. The van der Waals surface area contributed by atoms with Gasteiger partial charge in [-0.3, -0.25) is 4.79 Å². The van der Waals surface area contributed by atoms with Crippen LogP contribution >= 0.6 is 11.6 Å². The third-order valence-electron chi connectivity index (χ3n) is 2.09. The Morgan fingerprint density at radius 1 is 1.50 bits per heavy atom. The minimum atomic E-state index is 0.398. The molecule has 0 aliphatic rings. The molecule has 1 aromatic heterocycles. The number of benzene rings is 1. The molecule has 72 valence electrons. The lowest BCUT2D eigenvalue weighted by Gasteiger charge is -1.98. The Morgan fingerprint density at radius 3 is 2.93 bits per heavy atom. The number of halogens is 1. The molecule has 0 saturated carbocycles. The van der Waals surface area contributed by atoms with E-state index in [4.69, 9.17) is 16.3 Å². The summed E-state index contributed by atoms with van der Waals surface area (Å²) >= 11 is 5.97. The van der Waals surface area contributed by atoms with Gasteiger partial charge in [0.1, 0.15) is 5.75 Å². The zero-order valence-corrected chi connectivity index (χ0v) is 8.26. The number of ether oxygens (including phenoxy) is 1. The van der Waals surface area contributed by atoms with Crippen LogP contribution in [0.25, 0.3) is 10.9 Å². The fraction of sp³-hybridized carbons (Fsp3) is 0.100.